The quantitative estimate of drug-likeness (QED) is 0.236. The van der Waals surface area contributed by atoms with Crippen LogP contribution in [0.3, 0.4) is 0 Å². The van der Waals surface area contributed by atoms with Crippen LogP contribution in [-0.4, -0.2) is 49.3 Å². The molecule has 0 aromatic rings. The van der Waals surface area contributed by atoms with Gasteiger partial charge in [-0.05, 0) is 11.4 Å². The first kappa shape index (κ1) is 12.8. The van der Waals surface area contributed by atoms with Crippen LogP contribution in [0.5, 0.6) is 0 Å². The Morgan fingerprint density at radius 3 is 2.36 bits per heavy atom. The van der Waals surface area contributed by atoms with Crippen molar-refractivity contribution in [3.05, 3.63) is 0 Å². The first-order valence-corrected chi connectivity index (χ1v) is 5.02. The third-order valence-electron chi connectivity index (χ3n) is 1.25. The lowest BCUT2D eigenvalue weighted by Crippen LogP contribution is -2.75. The number of rotatable bonds is 1. The summed E-state index contributed by atoms with van der Waals surface area (Å²) in [5, 5.41) is 4.77. The van der Waals surface area contributed by atoms with E-state index in [0.29, 0.717) is 0 Å². The van der Waals surface area contributed by atoms with Crippen LogP contribution in [-0.2, 0) is 9.63 Å². The minimum absolute atomic E-state index is 0.249. The molecule has 14 heavy (non-hydrogen) atoms. The van der Waals surface area contributed by atoms with Crippen molar-refractivity contribution >= 4 is 28.8 Å². The molecule has 0 heterocycles. The average Bonchev–Trinajstić information content (AvgIpc) is 2.17. The molecule has 0 bridgehead atoms. The molecule has 0 saturated carbocycles. The number of nitrogens with one attached hydrogen (secondary N) is 2. The SMILES string of the molecule is CNC(=O)O[NH+]=C(SC)C(=O)N(C)C. The number of amides is 2. The summed E-state index contributed by atoms with van der Waals surface area (Å²) in [7, 11) is 4.65. The van der Waals surface area contributed by atoms with E-state index in [9.17, 15) is 9.59 Å². The van der Waals surface area contributed by atoms with Gasteiger partial charge in [0.25, 0.3) is 0 Å². The van der Waals surface area contributed by atoms with Crippen molar-refractivity contribution in [2.24, 2.45) is 0 Å². The maximum Gasteiger partial charge on any atom is 0.474 e. The highest BCUT2D eigenvalue weighted by molar-refractivity contribution is 8.14. The van der Waals surface area contributed by atoms with E-state index < -0.39 is 6.09 Å². The van der Waals surface area contributed by atoms with Gasteiger partial charge in [-0.15, -0.1) is 0 Å². The molecule has 0 aromatic carbocycles. The molecule has 0 rings (SSSR count). The molecule has 0 radical (unpaired) electrons. The normalized spacial score (nSPS) is 10.7. The molecule has 0 aliphatic rings. The molecule has 2 N–H and O–H groups in total. The van der Waals surface area contributed by atoms with Gasteiger partial charge in [-0.3, -0.25) is 4.79 Å². The van der Waals surface area contributed by atoms with E-state index >= 15 is 0 Å². The van der Waals surface area contributed by atoms with Gasteiger partial charge in [-0.25, -0.2) is 4.79 Å². The molecule has 0 aromatic heterocycles. The molecule has 0 atom stereocenters. The van der Waals surface area contributed by atoms with Gasteiger partial charge in [0.15, 0.2) is 0 Å². The number of thioether (sulfide) groups is 1. The van der Waals surface area contributed by atoms with E-state index in [1.165, 1.54) is 23.7 Å². The fourth-order valence-electron chi connectivity index (χ4n) is 0.519. The highest BCUT2D eigenvalue weighted by Gasteiger charge is 2.20. The lowest BCUT2D eigenvalue weighted by Gasteiger charge is -2.05. The summed E-state index contributed by atoms with van der Waals surface area (Å²) in [6.07, 6.45) is 1.06. The fraction of sp³-hybridized carbons (Fsp3) is 0.571. The van der Waals surface area contributed by atoms with Crippen LogP contribution in [0.2, 0.25) is 0 Å². The third kappa shape index (κ3) is 4.13. The zero-order chi connectivity index (χ0) is 11.1. The Morgan fingerprint density at radius 2 is 2.00 bits per heavy atom. The Morgan fingerprint density at radius 1 is 1.43 bits per heavy atom. The standard InChI is InChI=1S/C7H13N3O3S/c1-8-7(12)13-9-5(14-4)6(11)10(2)3/h1-4H3,(H,8,12)/p+1. The van der Waals surface area contributed by atoms with Crippen LogP contribution in [0.1, 0.15) is 0 Å². The molecule has 80 valence electrons. The molecule has 0 spiro atoms. The van der Waals surface area contributed by atoms with Crippen molar-refractivity contribution in [3.8, 4) is 0 Å². The number of carbonyl (C=O) groups is 2. The monoisotopic (exact) mass is 220 g/mol. The van der Waals surface area contributed by atoms with E-state index in [1.807, 2.05) is 0 Å². The summed E-state index contributed by atoms with van der Waals surface area (Å²) in [5.41, 5.74) is 0. The van der Waals surface area contributed by atoms with E-state index in [2.05, 4.69) is 15.3 Å². The Labute approximate surface area is 86.6 Å². The molecular formula is C7H14N3O3S+. The van der Waals surface area contributed by atoms with E-state index in [0.717, 1.165) is 0 Å². The predicted octanol–water partition coefficient (Wildman–Crippen LogP) is -1.81. The second-order valence-electron chi connectivity index (χ2n) is 2.47. The third-order valence-corrected chi connectivity index (χ3v) is 1.91. The highest BCUT2D eigenvalue weighted by Crippen LogP contribution is 1.94. The second kappa shape index (κ2) is 6.25. The smallest absolute Gasteiger partial charge is 0.339 e. The average molecular weight is 220 g/mol. The van der Waals surface area contributed by atoms with Gasteiger partial charge in [-0.2, -0.15) is 4.84 Å². The predicted molar refractivity (Wildman–Crippen MR) is 53.7 cm³/mol. The molecule has 0 unspecified atom stereocenters. The number of nitrogens with zero attached hydrogens (tertiary/aromatic N) is 1. The number of carbonyl (C=O) groups excluding carboxylic acids is 2. The van der Waals surface area contributed by atoms with Crippen molar-refractivity contribution in [2.45, 2.75) is 0 Å². The van der Waals surface area contributed by atoms with Crippen molar-refractivity contribution in [1.29, 1.82) is 0 Å². The van der Waals surface area contributed by atoms with Gasteiger partial charge in [0.05, 0.1) is 0 Å². The van der Waals surface area contributed by atoms with Gasteiger partial charge >= 0.3 is 17.0 Å². The van der Waals surface area contributed by atoms with Crippen LogP contribution in [0, 0.1) is 0 Å². The zero-order valence-electron chi connectivity index (χ0n) is 8.58. The second-order valence-corrected chi connectivity index (χ2v) is 3.29. The Kier molecular flexibility index (Phi) is 5.70. The zero-order valence-corrected chi connectivity index (χ0v) is 9.40. The summed E-state index contributed by atoms with van der Waals surface area (Å²) in [6, 6.07) is 0. The summed E-state index contributed by atoms with van der Waals surface area (Å²) < 4.78 is 0. The minimum Gasteiger partial charge on any atom is -0.339 e. The van der Waals surface area contributed by atoms with Crippen molar-refractivity contribution in [3.63, 3.8) is 0 Å². The fourth-order valence-corrected chi connectivity index (χ4v) is 1.00. The molecule has 0 saturated heterocycles. The van der Waals surface area contributed by atoms with E-state index in [1.54, 1.807) is 20.4 Å². The molecule has 6 nitrogen and oxygen atoms in total. The summed E-state index contributed by atoms with van der Waals surface area (Å²) in [6.45, 7) is 0. The van der Waals surface area contributed by atoms with Crippen LogP contribution < -0.4 is 10.5 Å². The molecule has 2 amide bonds. The lowest BCUT2D eigenvalue weighted by atomic mass is 10.6. The Bertz CT molecular complexity index is 253. The van der Waals surface area contributed by atoms with Crippen LogP contribution in [0.25, 0.3) is 0 Å². The van der Waals surface area contributed by atoms with E-state index in [-0.39, 0.29) is 11.0 Å². The Balaban J connectivity index is 4.40. The maximum atomic E-state index is 11.4. The minimum atomic E-state index is -0.650. The first-order chi connectivity index (χ1) is 6.52. The molecule has 7 heteroatoms. The van der Waals surface area contributed by atoms with Crippen molar-refractivity contribution in [1.82, 2.24) is 10.2 Å². The lowest BCUT2D eigenvalue weighted by molar-refractivity contribution is -0.718. The van der Waals surface area contributed by atoms with Gasteiger partial charge in [-0.1, -0.05) is 11.8 Å². The van der Waals surface area contributed by atoms with E-state index in [4.69, 9.17) is 0 Å². The maximum absolute atomic E-state index is 11.4. The summed E-state index contributed by atoms with van der Waals surface area (Å²) >= 11 is 1.17. The summed E-state index contributed by atoms with van der Waals surface area (Å²) in [4.78, 5) is 27.9. The van der Waals surface area contributed by atoms with Crippen LogP contribution >= 0.6 is 11.8 Å². The van der Waals surface area contributed by atoms with Crippen LogP contribution in [0.15, 0.2) is 0 Å². The molecular weight excluding hydrogens is 206 g/mol. The topological polar surface area (TPSA) is 72.6 Å². The van der Waals surface area contributed by atoms with Gasteiger partial charge in [0, 0.05) is 21.1 Å². The molecule has 0 aliphatic carbocycles. The molecule has 0 aliphatic heterocycles. The Hall–Kier alpha value is -1.24. The first-order valence-electron chi connectivity index (χ1n) is 3.80. The van der Waals surface area contributed by atoms with Gasteiger partial charge in [0.2, 0.25) is 0 Å². The van der Waals surface area contributed by atoms with Crippen LogP contribution in [0.4, 0.5) is 4.79 Å². The summed E-state index contributed by atoms with van der Waals surface area (Å²) in [5.74, 6) is -0.249. The number of hydrogen-bond donors (Lipinski definition) is 2. The van der Waals surface area contributed by atoms with Gasteiger partial charge < -0.3 is 10.2 Å². The highest BCUT2D eigenvalue weighted by atomic mass is 32.2. The van der Waals surface area contributed by atoms with Crippen molar-refractivity contribution in [2.75, 3.05) is 27.4 Å². The number of hydrogen-bond acceptors (Lipinski definition) is 4. The van der Waals surface area contributed by atoms with Gasteiger partial charge in [0.1, 0.15) is 0 Å². The molecule has 0 fully saturated rings. The van der Waals surface area contributed by atoms with Crippen molar-refractivity contribution < 1.29 is 19.6 Å². The largest absolute Gasteiger partial charge is 0.474 e.